The highest BCUT2D eigenvalue weighted by Crippen LogP contribution is 2.25. The van der Waals surface area contributed by atoms with Crippen molar-refractivity contribution in [1.82, 2.24) is 0 Å². The molecular formula is C14H22N2. The van der Waals surface area contributed by atoms with Crippen molar-refractivity contribution in [2.75, 3.05) is 11.1 Å². The molecule has 1 aliphatic carbocycles. The fraction of sp³-hybridized carbons (Fsp3) is 0.571. The van der Waals surface area contributed by atoms with E-state index >= 15 is 0 Å². The molecule has 0 atom stereocenters. The predicted octanol–water partition coefficient (Wildman–Crippen LogP) is 3.71. The van der Waals surface area contributed by atoms with E-state index in [4.69, 9.17) is 5.73 Å². The van der Waals surface area contributed by atoms with Gasteiger partial charge in [0, 0.05) is 6.04 Å². The van der Waals surface area contributed by atoms with E-state index in [0.29, 0.717) is 6.04 Å². The molecule has 0 aromatic heterocycles. The van der Waals surface area contributed by atoms with Crippen LogP contribution in [0.25, 0.3) is 0 Å². The maximum absolute atomic E-state index is 5.98. The van der Waals surface area contributed by atoms with Crippen LogP contribution in [0.1, 0.15) is 44.1 Å². The lowest BCUT2D eigenvalue weighted by Crippen LogP contribution is -2.19. The van der Waals surface area contributed by atoms with Crippen molar-refractivity contribution in [3.05, 3.63) is 23.8 Å². The van der Waals surface area contributed by atoms with Crippen molar-refractivity contribution in [2.24, 2.45) is 0 Å². The van der Waals surface area contributed by atoms with E-state index in [1.807, 2.05) is 6.07 Å². The van der Waals surface area contributed by atoms with Crippen molar-refractivity contribution in [3.8, 4) is 0 Å². The molecule has 2 rings (SSSR count). The Balaban J connectivity index is 2.04. The van der Waals surface area contributed by atoms with Gasteiger partial charge in [-0.1, -0.05) is 31.7 Å². The third-order valence-electron chi connectivity index (χ3n) is 3.42. The maximum atomic E-state index is 5.98. The summed E-state index contributed by atoms with van der Waals surface area (Å²) < 4.78 is 0. The second-order valence-electron chi connectivity index (χ2n) is 4.92. The number of anilines is 2. The van der Waals surface area contributed by atoms with Gasteiger partial charge in [0.25, 0.3) is 0 Å². The van der Waals surface area contributed by atoms with Gasteiger partial charge in [0.2, 0.25) is 0 Å². The Bertz CT molecular complexity index is 339. The van der Waals surface area contributed by atoms with Crippen LogP contribution in [0.15, 0.2) is 18.2 Å². The molecule has 0 spiro atoms. The quantitative estimate of drug-likeness (QED) is 0.586. The number of nitrogen functional groups attached to an aromatic ring is 1. The lowest BCUT2D eigenvalue weighted by Gasteiger charge is -2.19. The molecular weight excluding hydrogens is 196 g/mol. The van der Waals surface area contributed by atoms with Crippen molar-refractivity contribution < 1.29 is 0 Å². The van der Waals surface area contributed by atoms with E-state index in [1.165, 1.54) is 44.1 Å². The summed E-state index contributed by atoms with van der Waals surface area (Å²) in [7, 11) is 0. The summed E-state index contributed by atoms with van der Waals surface area (Å²) in [5, 5.41) is 3.60. The van der Waals surface area contributed by atoms with Gasteiger partial charge in [0.05, 0.1) is 11.4 Å². The predicted molar refractivity (Wildman–Crippen MR) is 70.7 cm³/mol. The third kappa shape index (κ3) is 2.91. The van der Waals surface area contributed by atoms with Gasteiger partial charge in [-0.25, -0.2) is 0 Å². The second kappa shape index (κ2) is 5.24. The molecule has 1 aromatic carbocycles. The summed E-state index contributed by atoms with van der Waals surface area (Å²) in [4.78, 5) is 0. The molecule has 0 aliphatic heterocycles. The SMILES string of the molecule is Cc1ccc(N)c(NC2CCCCCC2)c1. The number of benzene rings is 1. The number of aryl methyl sites for hydroxylation is 1. The van der Waals surface area contributed by atoms with Crippen LogP contribution in [0.5, 0.6) is 0 Å². The zero-order valence-corrected chi connectivity index (χ0v) is 10.1. The third-order valence-corrected chi connectivity index (χ3v) is 3.42. The molecule has 1 saturated carbocycles. The van der Waals surface area contributed by atoms with Crippen LogP contribution in [0.3, 0.4) is 0 Å². The molecule has 1 aliphatic rings. The summed E-state index contributed by atoms with van der Waals surface area (Å²) in [5.74, 6) is 0. The molecule has 2 nitrogen and oxygen atoms in total. The minimum atomic E-state index is 0.617. The average molecular weight is 218 g/mol. The van der Waals surface area contributed by atoms with Crippen LogP contribution in [0.2, 0.25) is 0 Å². The van der Waals surface area contributed by atoms with Crippen LogP contribution in [0, 0.1) is 6.92 Å². The Morgan fingerprint density at radius 2 is 1.81 bits per heavy atom. The molecule has 16 heavy (non-hydrogen) atoms. The topological polar surface area (TPSA) is 38.0 Å². The van der Waals surface area contributed by atoms with Crippen molar-refractivity contribution in [2.45, 2.75) is 51.5 Å². The van der Waals surface area contributed by atoms with Crippen LogP contribution in [-0.2, 0) is 0 Å². The van der Waals surface area contributed by atoms with Crippen molar-refractivity contribution in [1.29, 1.82) is 0 Å². The summed E-state index contributed by atoms with van der Waals surface area (Å²) in [6, 6.07) is 6.83. The summed E-state index contributed by atoms with van der Waals surface area (Å²) in [6.07, 6.45) is 8.05. The van der Waals surface area contributed by atoms with Gasteiger partial charge in [-0.3, -0.25) is 0 Å². The van der Waals surface area contributed by atoms with E-state index in [-0.39, 0.29) is 0 Å². The van der Waals surface area contributed by atoms with Gasteiger partial charge < -0.3 is 11.1 Å². The molecule has 3 N–H and O–H groups in total. The molecule has 0 saturated heterocycles. The summed E-state index contributed by atoms with van der Waals surface area (Å²) in [6.45, 7) is 2.11. The Morgan fingerprint density at radius 3 is 2.50 bits per heavy atom. The molecule has 1 aromatic rings. The number of nitrogens with two attached hydrogens (primary N) is 1. The normalized spacial score (nSPS) is 18.1. The number of rotatable bonds is 2. The fourth-order valence-corrected chi connectivity index (χ4v) is 2.44. The van der Waals surface area contributed by atoms with Crippen molar-refractivity contribution in [3.63, 3.8) is 0 Å². The largest absolute Gasteiger partial charge is 0.397 e. The molecule has 2 heteroatoms. The van der Waals surface area contributed by atoms with Gasteiger partial charge in [-0.15, -0.1) is 0 Å². The summed E-state index contributed by atoms with van der Waals surface area (Å²) >= 11 is 0. The smallest absolute Gasteiger partial charge is 0.0578 e. The first-order valence-corrected chi connectivity index (χ1v) is 6.38. The van der Waals surface area contributed by atoms with Crippen LogP contribution >= 0.6 is 0 Å². The fourth-order valence-electron chi connectivity index (χ4n) is 2.44. The van der Waals surface area contributed by atoms with Gasteiger partial charge >= 0.3 is 0 Å². The molecule has 0 heterocycles. The number of hydrogen-bond acceptors (Lipinski definition) is 2. The highest BCUT2D eigenvalue weighted by Gasteiger charge is 2.12. The number of hydrogen-bond donors (Lipinski definition) is 2. The number of nitrogens with one attached hydrogen (secondary N) is 1. The monoisotopic (exact) mass is 218 g/mol. The molecule has 0 radical (unpaired) electrons. The Hall–Kier alpha value is -1.18. The van der Waals surface area contributed by atoms with Gasteiger partial charge in [-0.05, 0) is 37.5 Å². The first-order valence-electron chi connectivity index (χ1n) is 6.38. The van der Waals surface area contributed by atoms with Gasteiger partial charge in [-0.2, -0.15) is 0 Å². The average Bonchev–Trinajstić information content (AvgIpc) is 2.52. The molecule has 0 bridgehead atoms. The lowest BCUT2D eigenvalue weighted by atomic mass is 10.1. The lowest BCUT2D eigenvalue weighted by molar-refractivity contribution is 0.620. The van der Waals surface area contributed by atoms with Crippen molar-refractivity contribution >= 4 is 11.4 Å². The second-order valence-corrected chi connectivity index (χ2v) is 4.92. The first kappa shape index (κ1) is 11.3. The van der Waals surface area contributed by atoms with E-state index in [2.05, 4.69) is 24.4 Å². The van der Waals surface area contributed by atoms with E-state index in [9.17, 15) is 0 Å². The van der Waals surface area contributed by atoms with Crippen LogP contribution in [0.4, 0.5) is 11.4 Å². The highest BCUT2D eigenvalue weighted by atomic mass is 14.9. The zero-order chi connectivity index (χ0) is 11.4. The van der Waals surface area contributed by atoms with Gasteiger partial charge in [0.15, 0.2) is 0 Å². The Labute approximate surface area is 98.2 Å². The van der Waals surface area contributed by atoms with E-state index in [0.717, 1.165) is 11.4 Å². The van der Waals surface area contributed by atoms with Crippen LogP contribution < -0.4 is 11.1 Å². The molecule has 88 valence electrons. The Morgan fingerprint density at radius 1 is 1.12 bits per heavy atom. The van der Waals surface area contributed by atoms with E-state index < -0.39 is 0 Å². The van der Waals surface area contributed by atoms with E-state index in [1.54, 1.807) is 0 Å². The standard InChI is InChI=1S/C14H22N2/c1-11-8-9-13(15)14(10-11)16-12-6-4-2-3-5-7-12/h8-10,12,16H,2-7,15H2,1H3. The minimum absolute atomic E-state index is 0.617. The zero-order valence-electron chi connectivity index (χ0n) is 10.1. The highest BCUT2D eigenvalue weighted by molar-refractivity contribution is 5.67. The summed E-state index contributed by atoms with van der Waals surface area (Å²) in [5.41, 5.74) is 9.24. The maximum Gasteiger partial charge on any atom is 0.0578 e. The van der Waals surface area contributed by atoms with Gasteiger partial charge in [0.1, 0.15) is 0 Å². The molecule has 1 fully saturated rings. The molecule has 0 amide bonds. The molecule has 0 unspecified atom stereocenters. The van der Waals surface area contributed by atoms with Crippen LogP contribution in [-0.4, -0.2) is 6.04 Å². The minimum Gasteiger partial charge on any atom is -0.397 e. The first-order chi connectivity index (χ1) is 7.75. The Kier molecular flexibility index (Phi) is 3.70.